The van der Waals surface area contributed by atoms with Crippen LogP contribution >= 0.6 is 0 Å². The first-order valence-corrected chi connectivity index (χ1v) is 8.30. The molecule has 4 heteroatoms. The molecule has 0 bridgehead atoms. The zero-order valence-electron chi connectivity index (χ0n) is 11.5. The summed E-state index contributed by atoms with van der Waals surface area (Å²) in [6.45, 7) is 2.08. The summed E-state index contributed by atoms with van der Waals surface area (Å²) in [7, 11) is -3.35. The van der Waals surface area contributed by atoms with Crippen molar-refractivity contribution in [3.8, 4) is 0 Å². The smallest absolute Gasteiger partial charge is 0.180 e. The number of aryl methyl sites for hydroxylation is 1. The summed E-state index contributed by atoms with van der Waals surface area (Å²) in [4.78, 5) is 0.320. The summed E-state index contributed by atoms with van der Waals surface area (Å²) in [5.41, 5.74) is 8.09. The van der Waals surface area contributed by atoms with Crippen LogP contribution in [0.2, 0.25) is 0 Å². The summed E-state index contributed by atoms with van der Waals surface area (Å²) in [6.07, 6.45) is 0.956. The van der Waals surface area contributed by atoms with Crippen molar-refractivity contribution in [2.75, 3.05) is 5.75 Å². The van der Waals surface area contributed by atoms with Crippen LogP contribution in [0, 0.1) is 0 Å². The highest BCUT2D eigenvalue weighted by Crippen LogP contribution is 2.18. The van der Waals surface area contributed by atoms with Crippen molar-refractivity contribution in [1.82, 2.24) is 0 Å². The van der Waals surface area contributed by atoms with Crippen molar-refractivity contribution in [2.45, 2.75) is 24.3 Å². The van der Waals surface area contributed by atoms with E-state index in [1.165, 1.54) is 5.56 Å². The monoisotopic (exact) mass is 289 g/mol. The highest BCUT2D eigenvalue weighted by molar-refractivity contribution is 7.91. The van der Waals surface area contributed by atoms with Crippen molar-refractivity contribution in [1.29, 1.82) is 0 Å². The maximum atomic E-state index is 12.3. The molecule has 0 saturated carbocycles. The van der Waals surface area contributed by atoms with Gasteiger partial charge in [-0.15, -0.1) is 0 Å². The van der Waals surface area contributed by atoms with Crippen molar-refractivity contribution < 1.29 is 8.42 Å². The topological polar surface area (TPSA) is 60.2 Å². The lowest BCUT2D eigenvalue weighted by molar-refractivity contribution is 0.589. The largest absolute Gasteiger partial charge is 0.323 e. The van der Waals surface area contributed by atoms with Gasteiger partial charge in [0.1, 0.15) is 0 Å². The van der Waals surface area contributed by atoms with E-state index in [2.05, 4.69) is 6.92 Å². The highest BCUT2D eigenvalue weighted by atomic mass is 32.2. The van der Waals surface area contributed by atoms with Gasteiger partial charge < -0.3 is 5.73 Å². The molecule has 0 amide bonds. The van der Waals surface area contributed by atoms with E-state index in [1.807, 2.05) is 24.3 Å². The Kier molecular flexibility index (Phi) is 4.57. The zero-order chi connectivity index (χ0) is 14.6. The van der Waals surface area contributed by atoms with Gasteiger partial charge in [-0.3, -0.25) is 0 Å². The molecule has 0 aromatic heterocycles. The van der Waals surface area contributed by atoms with Gasteiger partial charge in [0.25, 0.3) is 0 Å². The van der Waals surface area contributed by atoms with E-state index < -0.39 is 15.9 Å². The second kappa shape index (κ2) is 6.20. The van der Waals surface area contributed by atoms with Gasteiger partial charge in [-0.25, -0.2) is 8.42 Å². The molecule has 2 aromatic rings. The Labute approximate surface area is 120 Å². The lowest BCUT2D eigenvalue weighted by Crippen LogP contribution is -2.21. The van der Waals surface area contributed by atoms with E-state index in [9.17, 15) is 8.42 Å². The van der Waals surface area contributed by atoms with E-state index in [1.54, 1.807) is 30.3 Å². The number of sulfone groups is 1. The first-order chi connectivity index (χ1) is 9.53. The second-order valence-electron chi connectivity index (χ2n) is 4.80. The van der Waals surface area contributed by atoms with Crippen LogP contribution in [-0.4, -0.2) is 14.2 Å². The van der Waals surface area contributed by atoms with Gasteiger partial charge in [-0.2, -0.15) is 0 Å². The van der Waals surface area contributed by atoms with Gasteiger partial charge in [0, 0.05) is 6.04 Å². The van der Waals surface area contributed by atoms with Gasteiger partial charge in [-0.1, -0.05) is 49.4 Å². The first kappa shape index (κ1) is 14.8. The van der Waals surface area contributed by atoms with Gasteiger partial charge in [-0.05, 0) is 29.7 Å². The maximum absolute atomic E-state index is 12.3. The van der Waals surface area contributed by atoms with E-state index in [4.69, 9.17) is 5.73 Å². The fraction of sp³-hybridized carbons (Fsp3) is 0.250. The fourth-order valence-corrected chi connectivity index (χ4v) is 3.49. The molecule has 3 nitrogen and oxygen atoms in total. The molecule has 0 radical (unpaired) electrons. The van der Waals surface area contributed by atoms with Gasteiger partial charge >= 0.3 is 0 Å². The minimum atomic E-state index is -3.35. The fourth-order valence-electron chi connectivity index (χ4n) is 2.06. The molecule has 106 valence electrons. The molecular weight excluding hydrogens is 270 g/mol. The summed E-state index contributed by atoms with van der Waals surface area (Å²) < 4.78 is 24.5. The lowest BCUT2D eigenvalue weighted by Gasteiger charge is -2.13. The van der Waals surface area contributed by atoms with Crippen molar-refractivity contribution in [3.63, 3.8) is 0 Å². The van der Waals surface area contributed by atoms with Gasteiger partial charge in [0.05, 0.1) is 10.6 Å². The van der Waals surface area contributed by atoms with Crippen LogP contribution in [0.25, 0.3) is 0 Å². The van der Waals surface area contributed by atoms with Crippen molar-refractivity contribution in [2.24, 2.45) is 5.73 Å². The molecule has 0 aliphatic heterocycles. The third-order valence-electron chi connectivity index (χ3n) is 3.32. The standard InChI is InChI=1S/C16H19NO2S/c1-2-13-8-10-14(11-9-13)16(17)12-20(18,19)15-6-4-3-5-7-15/h3-11,16H,2,12,17H2,1H3. The van der Waals surface area contributed by atoms with Crippen LogP contribution in [0.15, 0.2) is 59.5 Å². The quantitative estimate of drug-likeness (QED) is 0.920. The molecule has 0 heterocycles. The molecule has 0 saturated heterocycles. The Morgan fingerprint density at radius 1 is 1.00 bits per heavy atom. The average Bonchev–Trinajstić information content (AvgIpc) is 2.48. The van der Waals surface area contributed by atoms with E-state index in [-0.39, 0.29) is 5.75 Å². The number of hydrogen-bond acceptors (Lipinski definition) is 3. The summed E-state index contributed by atoms with van der Waals surface area (Å²) >= 11 is 0. The minimum absolute atomic E-state index is 0.0809. The highest BCUT2D eigenvalue weighted by Gasteiger charge is 2.19. The normalized spacial score (nSPS) is 13.1. The van der Waals surface area contributed by atoms with Crippen LogP contribution in [0.5, 0.6) is 0 Å². The third kappa shape index (κ3) is 3.46. The average molecular weight is 289 g/mol. The van der Waals surface area contributed by atoms with Crippen molar-refractivity contribution >= 4 is 9.84 Å². The van der Waals surface area contributed by atoms with E-state index in [0.29, 0.717) is 4.90 Å². The molecule has 2 N–H and O–H groups in total. The Hall–Kier alpha value is -1.65. The molecule has 0 fully saturated rings. The van der Waals surface area contributed by atoms with Gasteiger partial charge in [0.2, 0.25) is 0 Å². The Morgan fingerprint density at radius 2 is 1.60 bits per heavy atom. The van der Waals surface area contributed by atoms with E-state index >= 15 is 0 Å². The Balaban J connectivity index is 2.16. The lowest BCUT2D eigenvalue weighted by atomic mass is 10.1. The predicted molar refractivity (Wildman–Crippen MR) is 81.2 cm³/mol. The number of hydrogen-bond donors (Lipinski definition) is 1. The molecule has 2 aromatic carbocycles. The first-order valence-electron chi connectivity index (χ1n) is 6.65. The zero-order valence-corrected chi connectivity index (χ0v) is 12.3. The van der Waals surface area contributed by atoms with Crippen LogP contribution in [0.4, 0.5) is 0 Å². The maximum Gasteiger partial charge on any atom is 0.180 e. The summed E-state index contributed by atoms with van der Waals surface area (Å²) in [5, 5.41) is 0. The molecule has 2 rings (SSSR count). The second-order valence-corrected chi connectivity index (χ2v) is 6.83. The predicted octanol–water partition coefficient (Wildman–Crippen LogP) is 2.72. The number of rotatable bonds is 5. The molecular formula is C16H19NO2S. The molecule has 0 aliphatic rings. The molecule has 1 unspecified atom stereocenters. The number of nitrogens with two attached hydrogens (primary N) is 1. The van der Waals surface area contributed by atoms with Crippen LogP contribution < -0.4 is 5.73 Å². The molecule has 0 aliphatic carbocycles. The van der Waals surface area contributed by atoms with Crippen molar-refractivity contribution in [3.05, 3.63) is 65.7 Å². The summed E-state index contributed by atoms with van der Waals surface area (Å²) in [6, 6.07) is 15.7. The summed E-state index contributed by atoms with van der Waals surface area (Å²) in [5.74, 6) is -0.0809. The Morgan fingerprint density at radius 3 is 2.15 bits per heavy atom. The number of benzene rings is 2. The molecule has 20 heavy (non-hydrogen) atoms. The molecule has 1 atom stereocenters. The van der Waals surface area contributed by atoms with Crippen LogP contribution in [0.1, 0.15) is 24.1 Å². The minimum Gasteiger partial charge on any atom is -0.323 e. The van der Waals surface area contributed by atoms with E-state index in [0.717, 1.165) is 12.0 Å². The Bertz CT molecular complexity index is 649. The molecule has 0 spiro atoms. The third-order valence-corrected chi connectivity index (χ3v) is 5.11. The SMILES string of the molecule is CCc1ccc(C(N)CS(=O)(=O)c2ccccc2)cc1. The van der Waals surface area contributed by atoms with Crippen LogP contribution in [-0.2, 0) is 16.3 Å². The van der Waals surface area contributed by atoms with Gasteiger partial charge in [0.15, 0.2) is 9.84 Å². The van der Waals surface area contributed by atoms with Crippen LogP contribution in [0.3, 0.4) is 0 Å².